The van der Waals surface area contributed by atoms with Crippen LogP contribution in [0.1, 0.15) is 12.8 Å². The molecule has 8 heteroatoms. The average molecular weight is 315 g/mol. The van der Waals surface area contributed by atoms with Gasteiger partial charge in [0.25, 0.3) is 0 Å². The number of nitrogens with zero attached hydrogens (tertiary/aromatic N) is 1. The number of piperidine rings is 1. The first-order chi connectivity index (χ1) is 9.93. The highest BCUT2D eigenvalue weighted by Crippen LogP contribution is 2.31. The van der Waals surface area contributed by atoms with Gasteiger partial charge in [0.05, 0.1) is 30.7 Å². The molecule has 2 rings (SSSR count). The third-order valence-corrected chi connectivity index (χ3v) is 4.55. The van der Waals surface area contributed by atoms with E-state index in [1.54, 1.807) is 12.1 Å². The second-order valence-corrected chi connectivity index (χ2v) is 6.54. The summed E-state index contributed by atoms with van der Waals surface area (Å²) in [5.74, 6) is 0. The SMILES string of the molecule is Nc1c(N2CCC(OCCO)CC2)cccc1S(N)(=O)=O. The molecular weight excluding hydrogens is 294 g/mol. The van der Waals surface area contributed by atoms with Crippen molar-refractivity contribution < 1.29 is 18.3 Å². The number of anilines is 2. The highest BCUT2D eigenvalue weighted by atomic mass is 32.2. The smallest absolute Gasteiger partial charge is 0.240 e. The zero-order valence-electron chi connectivity index (χ0n) is 11.7. The van der Waals surface area contributed by atoms with Gasteiger partial charge < -0.3 is 20.5 Å². The van der Waals surface area contributed by atoms with Crippen molar-refractivity contribution in [2.75, 3.05) is 36.9 Å². The van der Waals surface area contributed by atoms with Gasteiger partial charge in [0.15, 0.2) is 0 Å². The molecule has 1 aromatic carbocycles. The molecule has 7 nitrogen and oxygen atoms in total. The highest BCUT2D eigenvalue weighted by Gasteiger charge is 2.23. The molecule has 0 unspecified atom stereocenters. The van der Waals surface area contributed by atoms with Crippen LogP contribution in [0.15, 0.2) is 23.1 Å². The zero-order valence-corrected chi connectivity index (χ0v) is 12.6. The van der Waals surface area contributed by atoms with E-state index in [2.05, 4.69) is 0 Å². The Bertz CT molecular complexity index is 583. The standard InChI is InChI=1S/C13H21N3O4S/c14-13-11(2-1-3-12(13)21(15,18)19)16-6-4-10(5-7-16)20-9-8-17/h1-3,10,17H,4-9,14H2,(H2,15,18,19). The Labute approximate surface area is 124 Å². The largest absolute Gasteiger partial charge is 0.396 e. The van der Waals surface area contributed by atoms with E-state index in [0.29, 0.717) is 25.4 Å². The summed E-state index contributed by atoms with van der Waals surface area (Å²) in [6.07, 6.45) is 1.73. The molecule has 1 aliphatic rings. The molecule has 0 saturated carbocycles. The number of sulfonamides is 1. The Hall–Kier alpha value is -1.35. The molecule has 0 bridgehead atoms. The Kier molecular flexibility index (Phi) is 5.04. The van der Waals surface area contributed by atoms with Crippen molar-refractivity contribution in [3.05, 3.63) is 18.2 Å². The highest BCUT2D eigenvalue weighted by molar-refractivity contribution is 7.89. The maximum Gasteiger partial charge on any atom is 0.240 e. The number of rotatable bonds is 5. The fourth-order valence-electron chi connectivity index (χ4n) is 2.54. The first kappa shape index (κ1) is 16.0. The minimum Gasteiger partial charge on any atom is -0.396 e. The van der Waals surface area contributed by atoms with Gasteiger partial charge in [-0.3, -0.25) is 0 Å². The van der Waals surface area contributed by atoms with Crippen LogP contribution in [0.25, 0.3) is 0 Å². The number of hydrogen-bond donors (Lipinski definition) is 3. The minimum atomic E-state index is -3.82. The number of benzene rings is 1. The van der Waals surface area contributed by atoms with Gasteiger partial charge >= 0.3 is 0 Å². The molecule has 0 atom stereocenters. The van der Waals surface area contributed by atoms with E-state index in [1.807, 2.05) is 4.90 Å². The molecule has 5 N–H and O–H groups in total. The molecule has 0 amide bonds. The van der Waals surface area contributed by atoms with Crippen LogP contribution in [0, 0.1) is 0 Å². The Balaban J connectivity index is 2.11. The second-order valence-electron chi connectivity index (χ2n) is 5.01. The maximum absolute atomic E-state index is 11.5. The number of ether oxygens (including phenoxy) is 1. The monoisotopic (exact) mass is 315 g/mol. The number of nitrogens with two attached hydrogens (primary N) is 2. The van der Waals surface area contributed by atoms with Gasteiger partial charge in [-0.15, -0.1) is 0 Å². The lowest BCUT2D eigenvalue weighted by atomic mass is 10.1. The third-order valence-electron chi connectivity index (χ3n) is 3.58. The number of aliphatic hydroxyl groups is 1. The van der Waals surface area contributed by atoms with Gasteiger partial charge in [-0.05, 0) is 25.0 Å². The summed E-state index contributed by atoms with van der Waals surface area (Å²) in [4.78, 5) is 1.99. The van der Waals surface area contributed by atoms with Crippen molar-refractivity contribution in [2.24, 2.45) is 5.14 Å². The molecule has 0 aliphatic carbocycles. The summed E-state index contributed by atoms with van der Waals surface area (Å²) in [6, 6.07) is 4.84. The summed E-state index contributed by atoms with van der Waals surface area (Å²) in [7, 11) is -3.82. The number of primary sulfonamides is 1. The predicted molar refractivity (Wildman–Crippen MR) is 80.5 cm³/mol. The molecule has 21 heavy (non-hydrogen) atoms. The van der Waals surface area contributed by atoms with E-state index in [-0.39, 0.29) is 23.3 Å². The maximum atomic E-state index is 11.5. The van der Waals surface area contributed by atoms with Crippen LogP contribution in [-0.2, 0) is 14.8 Å². The van der Waals surface area contributed by atoms with Crippen LogP contribution in [0.3, 0.4) is 0 Å². The summed E-state index contributed by atoms with van der Waals surface area (Å²) < 4.78 is 28.5. The van der Waals surface area contributed by atoms with Crippen molar-refractivity contribution in [3.63, 3.8) is 0 Å². The number of hydrogen-bond acceptors (Lipinski definition) is 6. The lowest BCUT2D eigenvalue weighted by Gasteiger charge is -2.34. The number of nitrogen functional groups attached to an aromatic ring is 1. The molecule has 118 valence electrons. The lowest BCUT2D eigenvalue weighted by Crippen LogP contribution is -2.38. The second kappa shape index (κ2) is 6.61. The molecule has 1 aromatic rings. The van der Waals surface area contributed by atoms with Crippen molar-refractivity contribution in [1.29, 1.82) is 0 Å². The quantitative estimate of drug-likeness (QED) is 0.653. The van der Waals surface area contributed by atoms with Crippen molar-refractivity contribution in [1.82, 2.24) is 0 Å². The molecule has 1 aliphatic heterocycles. The zero-order chi connectivity index (χ0) is 15.5. The molecular formula is C13H21N3O4S. The molecule has 1 fully saturated rings. The van der Waals surface area contributed by atoms with E-state index >= 15 is 0 Å². The summed E-state index contributed by atoms with van der Waals surface area (Å²) in [6.45, 7) is 1.79. The summed E-state index contributed by atoms with van der Waals surface area (Å²) in [5.41, 5.74) is 6.82. The average Bonchev–Trinajstić information content (AvgIpc) is 2.45. The fraction of sp³-hybridized carbons (Fsp3) is 0.538. The first-order valence-corrected chi connectivity index (χ1v) is 8.37. The fourth-order valence-corrected chi connectivity index (χ4v) is 3.22. The normalized spacial score (nSPS) is 17.1. The summed E-state index contributed by atoms with van der Waals surface area (Å²) in [5, 5.41) is 13.9. The van der Waals surface area contributed by atoms with Gasteiger partial charge in [-0.2, -0.15) is 0 Å². The van der Waals surface area contributed by atoms with Crippen LogP contribution in [0.2, 0.25) is 0 Å². The van der Waals surface area contributed by atoms with Gasteiger partial charge in [0.2, 0.25) is 10.0 Å². The predicted octanol–water partition coefficient (Wildman–Crippen LogP) is -0.106. The van der Waals surface area contributed by atoms with E-state index < -0.39 is 10.0 Å². The van der Waals surface area contributed by atoms with Crippen molar-refractivity contribution >= 4 is 21.4 Å². The first-order valence-electron chi connectivity index (χ1n) is 6.82. The van der Waals surface area contributed by atoms with Crippen molar-refractivity contribution in [3.8, 4) is 0 Å². The van der Waals surface area contributed by atoms with E-state index in [9.17, 15) is 8.42 Å². The summed E-state index contributed by atoms with van der Waals surface area (Å²) >= 11 is 0. The van der Waals surface area contributed by atoms with Crippen LogP contribution in [0.5, 0.6) is 0 Å². The lowest BCUT2D eigenvalue weighted by molar-refractivity contribution is 0.0159. The van der Waals surface area contributed by atoms with E-state index in [1.165, 1.54) is 6.07 Å². The van der Waals surface area contributed by atoms with Gasteiger partial charge in [0, 0.05) is 13.1 Å². The van der Waals surface area contributed by atoms with Gasteiger partial charge in [-0.25, -0.2) is 13.6 Å². The van der Waals surface area contributed by atoms with Crippen LogP contribution >= 0.6 is 0 Å². The van der Waals surface area contributed by atoms with E-state index in [0.717, 1.165) is 12.8 Å². The Morgan fingerprint density at radius 2 is 2.00 bits per heavy atom. The number of para-hydroxylation sites is 1. The van der Waals surface area contributed by atoms with Crippen LogP contribution in [-0.4, -0.2) is 45.9 Å². The molecule has 1 heterocycles. The topological polar surface area (TPSA) is 119 Å². The van der Waals surface area contributed by atoms with Crippen molar-refractivity contribution in [2.45, 2.75) is 23.8 Å². The van der Waals surface area contributed by atoms with Crippen LogP contribution in [0.4, 0.5) is 11.4 Å². The van der Waals surface area contributed by atoms with Gasteiger partial charge in [0.1, 0.15) is 4.90 Å². The minimum absolute atomic E-state index is 0.0174. The molecule has 0 radical (unpaired) electrons. The molecule has 0 spiro atoms. The Morgan fingerprint density at radius 3 is 2.57 bits per heavy atom. The van der Waals surface area contributed by atoms with E-state index in [4.69, 9.17) is 20.7 Å². The molecule has 0 aromatic heterocycles. The Morgan fingerprint density at radius 1 is 1.33 bits per heavy atom. The third kappa shape index (κ3) is 3.85. The molecule has 1 saturated heterocycles. The van der Waals surface area contributed by atoms with Gasteiger partial charge in [-0.1, -0.05) is 6.07 Å². The number of aliphatic hydroxyl groups excluding tert-OH is 1. The van der Waals surface area contributed by atoms with Crippen LogP contribution < -0.4 is 15.8 Å².